The van der Waals surface area contributed by atoms with Gasteiger partial charge in [-0.1, -0.05) is 51.1 Å². The van der Waals surface area contributed by atoms with Crippen LogP contribution in [0.3, 0.4) is 0 Å². The van der Waals surface area contributed by atoms with Crippen molar-refractivity contribution in [2.24, 2.45) is 5.92 Å². The van der Waals surface area contributed by atoms with Crippen LogP contribution in [-0.4, -0.2) is 71.5 Å². The number of hydrogen-bond donors (Lipinski definition) is 3. The highest BCUT2D eigenvalue weighted by Gasteiger charge is 2.42. The number of carbonyl (C=O) groups excluding carboxylic acids is 5. The first-order valence-corrected chi connectivity index (χ1v) is 13.3. The maximum absolute atomic E-state index is 13.3. The van der Waals surface area contributed by atoms with E-state index in [1.807, 2.05) is 30.3 Å². The van der Waals surface area contributed by atoms with E-state index in [2.05, 4.69) is 16.0 Å². The summed E-state index contributed by atoms with van der Waals surface area (Å²) in [5, 5.41) is 8.11. The van der Waals surface area contributed by atoms with Crippen LogP contribution in [0, 0.1) is 5.92 Å². The van der Waals surface area contributed by atoms with Crippen molar-refractivity contribution in [1.29, 1.82) is 0 Å². The molecule has 0 radical (unpaired) electrons. The lowest BCUT2D eigenvalue weighted by molar-refractivity contribution is -0.151. The fraction of sp³-hybridized carbons (Fsp3) is 0.607. The van der Waals surface area contributed by atoms with Crippen LogP contribution in [0.4, 0.5) is 4.79 Å². The van der Waals surface area contributed by atoms with Gasteiger partial charge >= 0.3 is 12.1 Å². The fourth-order valence-electron chi connectivity index (χ4n) is 4.20. The Bertz CT molecular complexity index is 1040. The van der Waals surface area contributed by atoms with Crippen molar-refractivity contribution in [3.8, 4) is 0 Å². The Morgan fingerprint density at radius 2 is 1.69 bits per heavy atom. The second-order valence-electron chi connectivity index (χ2n) is 10.9. The number of rotatable bonds is 11. The molecule has 3 N–H and O–H groups in total. The van der Waals surface area contributed by atoms with Gasteiger partial charge in [0.15, 0.2) is 0 Å². The predicted octanol–water partition coefficient (Wildman–Crippen LogP) is 2.28. The second-order valence-corrected chi connectivity index (χ2v) is 10.9. The normalized spacial score (nSPS) is 17.5. The summed E-state index contributed by atoms with van der Waals surface area (Å²) in [4.78, 5) is 65.8. The van der Waals surface area contributed by atoms with E-state index >= 15 is 0 Å². The zero-order valence-corrected chi connectivity index (χ0v) is 24.0. The van der Waals surface area contributed by atoms with Gasteiger partial charge in [-0.05, 0) is 51.5 Å². The zero-order chi connectivity index (χ0) is 29.4. The average Bonchev–Trinajstić information content (AvgIpc) is 3.40. The van der Waals surface area contributed by atoms with E-state index in [0.29, 0.717) is 19.4 Å². The summed E-state index contributed by atoms with van der Waals surface area (Å²) in [6, 6.07) is 7.50. The molecule has 11 nitrogen and oxygen atoms in total. The van der Waals surface area contributed by atoms with Crippen molar-refractivity contribution in [1.82, 2.24) is 20.9 Å². The topological polar surface area (TPSA) is 143 Å². The Hall–Kier alpha value is -3.63. The Kier molecular flexibility index (Phi) is 10.9. The van der Waals surface area contributed by atoms with E-state index in [-0.39, 0.29) is 18.9 Å². The Balaban J connectivity index is 2.05. The third-order valence-electron chi connectivity index (χ3n) is 6.98. The molecule has 0 spiro atoms. The molecule has 1 unspecified atom stereocenters. The van der Waals surface area contributed by atoms with E-state index in [0.717, 1.165) is 5.56 Å². The van der Waals surface area contributed by atoms with Gasteiger partial charge in [0.1, 0.15) is 29.8 Å². The summed E-state index contributed by atoms with van der Waals surface area (Å²) in [5.41, 5.74) is -1.83. The first-order valence-electron chi connectivity index (χ1n) is 13.3. The number of likely N-dealkylation sites (tertiary alicyclic amines) is 1. The lowest BCUT2D eigenvalue weighted by Gasteiger charge is -2.34. The largest absolute Gasteiger partial charge is 0.467 e. The number of hydrogen-bond acceptors (Lipinski definition) is 7. The maximum atomic E-state index is 13.3. The molecule has 1 aliphatic rings. The van der Waals surface area contributed by atoms with Crippen LogP contribution in [0.2, 0.25) is 0 Å². The van der Waals surface area contributed by atoms with Gasteiger partial charge in [-0.25, -0.2) is 9.59 Å². The molecule has 1 saturated heterocycles. The van der Waals surface area contributed by atoms with Crippen LogP contribution in [0.1, 0.15) is 66.4 Å². The molecule has 1 fully saturated rings. The number of carbonyl (C=O) groups is 5. The highest BCUT2D eigenvalue weighted by atomic mass is 16.6. The number of nitrogens with one attached hydrogen (secondary N) is 3. The molecule has 2 rings (SSSR count). The number of nitrogens with zero attached hydrogens (tertiary/aromatic N) is 1. The fourth-order valence-corrected chi connectivity index (χ4v) is 4.20. The van der Waals surface area contributed by atoms with E-state index < -0.39 is 52.9 Å². The van der Waals surface area contributed by atoms with Crippen molar-refractivity contribution in [3.05, 3.63) is 35.9 Å². The summed E-state index contributed by atoms with van der Waals surface area (Å²) in [6.07, 6.45) is 0.756. The first kappa shape index (κ1) is 31.6. The monoisotopic (exact) mass is 546 g/mol. The zero-order valence-electron chi connectivity index (χ0n) is 24.0. The van der Waals surface area contributed by atoms with E-state index in [4.69, 9.17) is 9.47 Å². The van der Waals surface area contributed by atoms with E-state index in [1.165, 1.54) is 25.9 Å². The molecule has 0 bridgehead atoms. The number of amides is 4. The van der Waals surface area contributed by atoms with Crippen LogP contribution in [0.15, 0.2) is 30.3 Å². The van der Waals surface area contributed by atoms with Gasteiger partial charge in [0.05, 0.1) is 7.11 Å². The predicted molar refractivity (Wildman–Crippen MR) is 144 cm³/mol. The smallest absolute Gasteiger partial charge is 0.410 e. The number of benzene rings is 1. The van der Waals surface area contributed by atoms with Gasteiger partial charge in [0.25, 0.3) is 0 Å². The number of esters is 1. The number of ether oxygens (including phenoxy) is 2. The van der Waals surface area contributed by atoms with Crippen LogP contribution < -0.4 is 16.0 Å². The summed E-state index contributed by atoms with van der Waals surface area (Å²) in [7, 11) is 1.24. The second kappa shape index (κ2) is 13.4. The van der Waals surface area contributed by atoms with Crippen molar-refractivity contribution < 1.29 is 33.4 Å². The third-order valence-corrected chi connectivity index (χ3v) is 6.98. The van der Waals surface area contributed by atoms with Crippen LogP contribution in [-0.2, 0) is 35.3 Å². The van der Waals surface area contributed by atoms with Gasteiger partial charge in [-0.15, -0.1) is 0 Å². The van der Waals surface area contributed by atoms with Crippen molar-refractivity contribution in [2.45, 2.75) is 90.6 Å². The molecule has 216 valence electrons. The van der Waals surface area contributed by atoms with Crippen molar-refractivity contribution >= 4 is 29.8 Å². The molecule has 39 heavy (non-hydrogen) atoms. The van der Waals surface area contributed by atoms with Gasteiger partial charge < -0.3 is 25.4 Å². The van der Waals surface area contributed by atoms with Crippen LogP contribution in [0.5, 0.6) is 0 Å². The van der Waals surface area contributed by atoms with E-state index in [9.17, 15) is 24.0 Å². The van der Waals surface area contributed by atoms with Gasteiger partial charge in [0.2, 0.25) is 17.7 Å². The third kappa shape index (κ3) is 8.18. The minimum atomic E-state index is -1.40. The quantitative estimate of drug-likeness (QED) is 0.361. The SMILES string of the molecule is CCC(C)(NC(=O)C(C)(C)NC(=O)[C@@H](NC(=O)[C@@H]1CCCN1C(=O)OCc1ccccc1)C(C)C)C(=O)OC. The van der Waals surface area contributed by atoms with Gasteiger partial charge in [0, 0.05) is 6.54 Å². The van der Waals surface area contributed by atoms with E-state index in [1.54, 1.807) is 27.7 Å². The molecular formula is C28H42N4O7. The van der Waals surface area contributed by atoms with Gasteiger partial charge in [-0.2, -0.15) is 0 Å². The Morgan fingerprint density at radius 1 is 1.05 bits per heavy atom. The molecule has 0 saturated carbocycles. The molecule has 1 aromatic rings. The number of methoxy groups -OCH3 is 1. The minimum Gasteiger partial charge on any atom is -0.467 e. The standard InChI is InChI=1S/C28H42N4O7/c1-8-28(6,25(36)38-7)31-24(35)27(4,5)30-23(34)21(18(2)3)29-22(33)20-15-12-16-32(20)26(37)39-17-19-13-10-9-11-14-19/h9-11,13-14,18,20-21H,8,12,15-17H2,1-7H3,(H,29,33)(H,30,34)(H,31,35)/t20-,21-,28?/m0/s1. The van der Waals surface area contributed by atoms with Crippen LogP contribution >= 0.6 is 0 Å². The molecule has 1 aliphatic heterocycles. The summed E-state index contributed by atoms with van der Waals surface area (Å²) in [5.74, 6) is -2.53. The molecule has 11 heteroatoms. The summed E-state index contributed by atoms with van der Waals surface area (Å²) >= 11 is 0. The minimum absolute atomic E-state index is 0.0890. The molecule has 4 amide bonds. The average molecular weight is 547 g/mol. The lowest BCUT2D eigenvalue weighted by atomic mass is 9.94. The van der Waals surface area contributed by atoms with Crippen molar-refractivity contribution in [3.63, 3.8) is 0 Å². The molecule has 0 aliphatic carbocycles. The molecule has 1 aromatic carbocycles. The first-order chi connectivity index (χ1) is 18.3. The molecule has 3 atom stereocenters. The summed E-state index contributed by atoms with van der Waals surface area (Å²) in [6.45, 7) is 10.3. The van der Waals surface area contributed by atoms with Crippen LogP contribution in [0.25, 0.3) is 0 Å². The maximum Gasteiger partial charge on any atom is 0.410 e. The highest BCUT2D eigenvalue weighted by molar-refractivity contribution is 5.97. The molecule has 0 aromatic heterocycles. The van der Waals surface area contributed by atoms with Crippen molar-refractivity contribution in [2.75, 3.05) is 13.7 Å². The summed E-state index contributed by atoms with van der Waals surface area (Å²) < 4.78 is 10.2. The Morgan fingerprint density at radius 3 is 2.26 bits per heavy atom. The Labute approximate surface area is 230 Å². The molecule has 1 heterocycles. The highest BCUT2D eigenvalue weighted by Crippen LogP contribution is 2.20. The molecular weight excluding hydrogens is 504 g/mol. The van der Waals surface area contributed by atoms with Gasteiger partial charge in [-0.3, -0.25) is 19.3 Å². The lowest BCUT2D eigenvalue weighted by Crippen LogP contribution is -2.64.